The first kappa shape index (κ1) is 29.0. The molecule has 2 aromatic carbocycles. The Morgan fingerprint density at radius 2 is 1.56 bits per heavy atom. The van der Waals surface area contributed by atoms with Crippen LogP contribution in [0, 0.1) is 5.92 Å². The summed E-state index contributed by atoms with van der Waals surface area (Å²) in [6.45, 7) is 2.89. The molecule has 3 N–H and O–H groups in total. The minimum Gasteiger partial charge on any atom is -0.489 e. The van der Waals surface area contributed by atoms with E-state index in [2.05, 4.69) is 5.32 Å². The van der Waals surface area contributed by atoms with Gasteiger partial charge in [-0.05, 0) is 48.6 Å². The van der Waals surface area contributed by atoms with Crippen molar-refractivity contribution in [2.45, 2.75) is 57.7 Å². The zero-order chi connectivity index (χ0) is 27.3. The van der Waals surface area contributed by atoms with Crippen molar-refractivity contribution < 1.29 is 50.9 Å². The average molecular weight is 521 g/mol. The third-order valence-electron chi connectivity index (χ3n) is 5.18. The van der Waals surface area contributed by atoms with Gasteiger partial charge in [0.15, 0.2) is 0 Å². The molecule has 0 aliphatic heterocycles. The summed E-state index contributed by atoms with van der Waals surface area (Å²) in [5.74, 6) is -2.46. The predicted octanol–water partition coefficient (Wildman–Crippen LogP) is 5.39. The second-order valence-electron chi connectivity index (χ2n) is 8.59. The molecule has 0 spiro atoms. The van der Waals surface area contributed by atoms with Crippen molar-refractivity contribution in [2.75, 3.05) is 0 Å². The number of alkyl halides is 6. The lowest BCUT2D eigenvalue weighted by Gasteiger charge is -2.22. The van der Waals surface area contributed by atoms with E-state index in [1.54, 1.807) is 13.8 Å². The van der Waals surface area contributed by atoms with Crippen molar-refractivity contribution in [3.63, 3.8) is 0 Å². The van der Waals surface area contributed by atoms with Gasteiger partial charge in [0, 0.05) is 5.56 Å². The Labute approximate surface area is 202 Å². The maximum absolute atomic E-state index is 13.3. The van der Waals surface area contributed by atoms with Crippen molar-refractivity contribution in [1.82, 2.24) is 5.32 Å². The van der Waals surface area contributed by atoms with Crippen molar-refractivity contribution in [2.24, 2.45) is 5.92 Å². The lowest BCUT2D eigenvalue weighted by molar-refractivity contribution is -0.145. The van der Waals surface area contributed by atoms with Crippen LogP contribution in [0.4, 0.5) is 26.3 Å². The summed E-state index contributed by atoms with van der Waals surface area (Å²) in [5, 5.41) is 21.5. The number of nitrogens with one attached hydrogen (secondary N) is 1. The lowest BCUT2D eigenvalue weighted by atomic mass is 10.0. The highest BCUT2D eigenvalue weighted by molar-refractivity contribution is 5.77. The molecular formula is C24H25F6NO5. The monoisotopic (exact) mass is 521 g/mol. The van der Waals surface area contributed by atoms with Gasteiger partial charge in [-0.1, -0.05) is 32.0 Å². The SMILES string of the molecule is CC(C)CC(NC(Cc1cccc(OCc2ccc(C(F)(F)F)cc2C(F)(F)F)c1)C(=O)O)C(=O)O. The molecule has 198 valence electrons. The van der Waals surface area contributed by atoms with E-state index in [9.17, 15) is 46.1 Å². The van der Waals surface area contributed by atoms with Crippen molar-refractivity contribution in [3.8, 4) is 5.75 Å². The zero-order valence-electron chi connectivity index (χ0n) is 19.3. The predicted molar refractivity (Wildman–Crippen MR) is 116 cm³/mol. The fourth-order valence-electron chi connectivity index (χ4n) is 3.47. The molecule has 0 saturated carbocycles. The number of hydrogen-bond donors (Lipinski definition) is 3. The molecule has 36 heavy (non-hydrogen) atoms. The van der Waals surface area contributed by atoms with Crippen LogP contribution >= 0.6 is 0 Å². The van der Waals surface area contributed by atoms with Gasteiger partial charge < -0.3 is 14.9 Å². The second kappa shape index (κ2) is 11.6. The number of ether oxygens (including phenoxy) is 1. The first-order valence-corrected chi connectivity index (χ1v) is 10.8. The largest absolute Gasteiger partial charge is 0.489 e. The van der Waals surface area contributed by atoms with E-state index in [1.165, 1.54) is 24.3 Å². The Morgan fingerprint density at radius 3 is 2.08 bits per heavy atom. The van der Waals surface area contributed by atoms with Gasteiger partial charge in [0.1, 0.15) is 24.4 Å². The highest BCUT2D eigenvalue weighted by Crippen LogP contribution is 2.37. The molecule has 0 aliphatic carbocycles. The lowest BCUT2D eigenvalue weighted by Crippen LogP contribution is -2.48. The van der Waals surface area contributed by atoms with Crippen LogP contribution in [0.15, 0.2) is 42.5 Å². The minimum atomic E-state index is -5.04. The molecule has 2 unspecified atom stereocenters. The van der Waals surface area contributed by atoms with Gasteiger partial charge in [0.25, 0.3) is 0 Å². The highest BCUT2D eigenvalue weighted by atomic mass is 19.4. The van der Waals surface area contributed by atoms with Crippen molar-refractivity contribution in [3.05, 3.63) is 64.7 Å². The van der Waals surface area contributed by atoms with E-state index >= 15 is 0 Å². The van der Waals surface area contributed by atoms with E-state index in [4.69, 9.17) is 4.74 Å². The van der Waals surface area contributed by atoms with Gasteiger partial charge >= 0.3 is 24.3 Å². The average Bonchev–Trinajstić information content (AvgIpc) is 2.75. The molecule has 0 amide bonds. The quantitative estimate of drug-likeness (QED) is 0.344. The summed E-state index contributed by atoms with van der Waals surface area (Å²) in [4.78, 5) is 23.2. The van der Waals surface area contributed by atoms with Crippen LogP contribution in [0.3, 0.4) is 0 Å². The highest BCUT2D eigenvalue weighted by Gasteiger charge is 2.38. The van der Waals surface area contributed by atoms with E-state index in [0.717, 1.165) is 0 Å². The van der Waals surface area contributed by atoms with Crippen LogP contribution < -0.4 is 10.1 Å². The summed E-state index contributed by atoms with van der Waals surface area (Å²) in [5.41, 5.74) is -3.04. The van der Waals surface area contributed by atoms with Crippen LogP contribution in [-0.2, 0) is 35.0 Å². The number of carboxylic acids is 2. The summed E-state index contributed by atoms with van der Waals surface area (Å²) in [6.07, 6.45) is -9.95. The minimum absolute atomic E-state index is 0.0171. The van der Waals surface area contributed by atoms with Gasteiger partial charge in [-0.2, -0.15) is 26.3 Å². The molecule has 0 aromatic heterocycles. The summed E-state index contributed by atoms with van der Waals surface area (Å²) < 4.78 is 83.9. The van der Waals surface area contributed by atoms with Crippen LogP contribution in [0.2, 0.25) is 0 Å². The Hall–Kier alpha value is -3.28. The summed E-state index contributed by atoms with van der Waals surface area (Å²) >= 11 is 0. The zero-order valence-corrected chi connectivity index (χ0v) is 19.3. The van der Waals surface area contributed by atoms with Gasteiger partial charge in [0.2, 0.25) is 0 Å². The molecule has 2 atom stereocenters. The van der Waals surface area contributed by atoms with Gasteiger partial charge in [-0.3, -0.25) is 14.9 Å². The molecule has 2 rings (SSSR count). The number of aliphatic carboxylic acids is 2. The molecule has 0 radical (unpaired) electrons. The fraction of sp³-hybridized carbons (Fsp3) is 0.417. The Balaban J connectivity index is 2.20. The molecule has 6 nitrogen and oxygen atoms in total. The molecule has 0 heterocycles. The Bertz CT molecular complexity index is 1070. The van der Waals surface area contributed by atoms with Crippen LogP contribution in [-0.4, -0.2) is 34.2 Å². The third-order valence-corrected chi connectivity index (χ3v) is 5.18. The molecular weight excluding hydrogens is 496 g/mol. The Kier molecular flexibility index (Phi) is 9.36. The standard InChI is InChI=1S/C24H25F6NO5/c1-13(2)8-19(21(32)33)31-20(22(34)35)10-14-4-3-5-17(9-14)36-12-15-6-7-16(23(25,26)27)11-18(15)24(28,29)30/h3-7,9,11,13,19-20,31H,8,10,12H2,1-2H3,(H,32,33)(H,34,35). The molecule has 0 fully saturated rings. The van der Waals surface area contributed by atoms with E-state index in [0.29, 0.717) is 17.7 Å². The van der Waals surface area contributed by atoms with Gasteiger partial charge in [-0.25, -0.2) is 0 Å². The molecule has 2 aromatic rings. The Morgan fingerprint density at radius 1 is 0.917 bits per heavy atom. The topological polar surface area (TPSA) is 95.9 Å². The first-order chi connectivity index (χ1) is 16.6. The van der Waals surface area contributed by atoms with E-state index in [1.807, 2.05) is 0 Å². The van der Waals surface area contributed by atoms with E-state index in [-0.39, 0.29) is 30.6 Å². The first-order valence-electron chi connectivity index (χ1n) is 10.8. The maximum atomic E-state index is 13.3. The van der Waals surface area contributed by atoms with Crippen LogP contribution in [0.25, 0.3) is 0 Å². The molecule has 12 heteroatoms. The van der Waals surface area contributed by atoms with Crippen molar-refractivity contribution >= 4 is 11.9 Å². The number of carbonyl (C=O) groups is 2. The normalized spacial score (nSPS) is 13.9. The second-order valence-corrected chi connectivity index (χ2v) is 8.59. The third kappa shape index (κ3) is 8.43. The number of rotatable bonds is 11. The van der Waals surface area contributed by atoms with Gasteiger partial charge in [-0.15, -0.1) is 0 Å². The number of carboxylic acid groups (broad SMARTS) is 2. The molecule has 0 bridgehead atoms. The number of benzene rings is 2. The molecule has 0 aliphatic rings. The smallest absolute Gasteiger partial charge is 0.416 e. The van der Waals surface area contributed by atoms with Crippen LogP contribution in [0.5, 0.6) is 5.75 Å². The fourth-order valence-corrected chi connectivity index (χ4v) is 3.47. The summed E-state index contributed by atoms with van der Waals surface area (Å²) in [7, 11) is 0. The number of halogens is 6. The summed E-state index contributed by atoms with van der Waals surface area (Å²) in [6, 6.07) is 4.62. The number of hydrogen-bond acceptors (Lipinski definition) is 4. The van der Waals surface area contributed by atoms with Crippen LogP contribution in [0.1, 0.15) is 42.5 Å². The van der Waals surface area contributed by atoms with E-state index < -0.39 is 59.7 Å². The van der Waals surface area contributed by atoms with Gasteiger partial charge in [0.05, 0.1) is 11.1 Å². The maximum Gasteiger partial charge on any atom is 0.416 e. The molecule has 0 saturated heterocycles. The van der Waals surface area contributed by atoms with Crippen molar-refractivity contribution in [1.29, 1.82) is 0 Å².